The summed E-state index contributed by atoms with van der Waals surface area (Å²) in [7, 11) is 0. The summed E-state index contributed by atoms with van der Waals surface area (Å²) in [5.74, 6) is 0.586. The van der Waals surface area contributed by atoms with E-state index in [0.29, 0.717) is 27.9 Å². The Labute approximate surface area is 175 Å². The number of fused-ring (bicyclic) bond motifs is 1. The van der Waals surface area contributed by atoms with Gasteiger partial charge in [-0.15, -0.1) is 0 Å². The number of nitriles is 1. The van der Waals surface area contributed by atoms with Crippen LogP contribution in [-0.2, 0) is 0 Å². The Morgan fingerprint density at radius 3 is 2.43 bits per heavy atom. The van der Waals surface area contributed by atoms with Gasteiger partial charge in [-0.1, -0.05) is 48.5 Å². The zero-order chi connectivity index (χ0) is 21.3. The molecule has 0 amide bonds. The van der Waals surface area contributed by atoms with Gasteiger partial charge in [-0.2, -0.15) is 5.26 Å². The maximum atomic E-state index is 13.2. The number of rotatable bonds is 4. The average Bonchev–Trinajstić information content (AvgIpc) is 2.77. The van der Waals surface area contributed by atoms with Crippen molar-refractivity contribution in [3.05, 3.63) is 99.2 Å². The summed E-state index contributed by atoms with van der Waals surface area (Å²) in [5, 5.41) is 13.4. The van der Waals surface area contributed by atoms with Crippen LogP contribution in [0.2, 0.25) is 0 Å². The minimum absolute atomic E-state index is 0.0234. The van der Waals surface area contributed by atoms with Gasteiger partial charge in [-0.3, -0.25) is 4.79 Å². The third kappa shape index (κ3) is 3.46. The number of benzene rings is 3. The van der Waals surface area contributed by atoms with Crippen molar-refractivity contribution in [3.63, 3.8) is 0 Å². The minimum atomic E-state index is -0.170. The molecular formula is C26H22N2O2. The fourth-order valence-corrected chi connectivity index (χ4v) is 3.77. The lowest BCUT2D eigenvalue weighted by atomic mass is 9.98. The molecule has 0 unspecified atom stereocenters. The van der Waals surface area contributed by atoms with Crippen molar-refractivity contribution in [1.82, 2.24) is 0 Å². The van der Waals surface area contributed by atoms with Crippen molar-refractivity contribution in [3.8, 4) is 17.4 Å². The van der Waals surface area contributed by atoms with E-state index in [1.54, 1.807) is 13.0 Å². The maximum absolute atomic E-state index is 13.2. The van der Waals surface area contributed by atoms with Gasteiger partial charge in [-0.05, 0) is 44.5 Å². The minimum Gasteiger partial charge on any atom is -0.455 e. The van der Waals surface area contributed by atoms with Crippen molar-refractivity contribution in [2.24, 2.45) is 0 Å². The molecule has 0 saturated heterocycles. The largest absolute Gasteiger partial charge is 0.455 e. The monoisotopic (exact) mass is 394 g/mol. The average molecular weight is 394 g/mol. The Kier molecular flexibility index (Phi) is 5.12. The van der Waals surface area contributed by atoms with E-state index in [0.717, 1.165) is 22.4 Å². The fourth-order valence-electron chi connectivity index (χ4n) is 3.77. The van der Waals surface area contributed by atoms with Crippen molar-refractivity contribution < 1.29 is 4.42 Å². The van der Waals surface area contributed by atoms with Gasteiger partial charge < -0.3 is 9.73 Å². The molecule has 1 N–H and O–H groups in total. The highest BCUT2D eigenvalue weighted by molar-refractivity contribution is 5.84. The SMILES string of the molecule is Cc1cc([C@@H](C)Nc2ccccc2C#N)c2oc(-c3ccccc3)c(C)c(=O)c2c1. The van der Waals surface area contributed by atoms with Gasteiger partial charge >= 0.3 is 0 Å². The van der Waals surface area contributed by atoms with Crippen LogP contribution >= 0.6 is 0 Å². The summed E-state index contributed by atoms with van der Waals surface area (Å²) >= 11 is 0. The predicted molar refractivity (Wildman–Crippen MR) is 121 cm³/mol. The van der Waals surface area contributed by atoms with Crippen LogP contribution in [0.5, 0.6) is 0 Å². The first-order valence-corrected chi connectivity index (χ1v) is 9.88. The lowest BCUT2D eigenvalue weighted by Crippen LogP contribution is -2.13. The molecule has 30 heavy (non-hydrogen) atoms. The third-order valence-electron chi connectivity index (χ3n) is 5.31. The van der Waals surface area contributed by atoms with Crippen LogP contribution in [0.15, 0.2) is 75.9 Å². The predicted octanol–water partition coefficient (Wildman–Crippen LogP) is 6.12. The van der Waals surface area contributed by atoms with E-state index < -0.39 is 0 Å². The molecule has 4 heteroatoms. The van der Waals surface area contributed by atoms with E-state index in [1.165, 1.54) is 0 Å². The Hall–Kier alpha value is -3.84. The van der Waals surface area contributed by atoms with Gasteiger partial charge in [0, 0.05) is 16.7 Å². The summed E-state index contributed by atoms with van der Waals surface area (Å²) in [6.07, 6.45) is 0. The second-order valence-electron chi connectivity index (χ2n) is 7.51. The molecule has 4 rings (SSSR count). The molecule has 0 radical (unpaired) electrons. The van der Waals surface area contributed by atoms with Crippen LogP contribution in [0.3, 0.4) is 0 Å². The first-order valence-electron chi connectivity index (χ1n) is 9.88. The van der Waals surface area contributed by atoms with E-state index >= 15 is 0 Å². The highest BCUT2D eigenvalue weighted by atomic mass is 16.3. The Morgan fingerprint density at radius 1 is 1.00 bits per heavy atom. The van der Waals surface area contributed by atoms with Crippen molar-refractivity contribution >= 4 is 16.7 Å². The molecule has 3 aromatic carbocycles. The summed E-state index contributed by atoms with van der Waals surface area (Å²) in [4.78, 5) is 13.2. The molecule has 1 atom stereocenters. The topological polar surface area (TPSA) is 66.0 Å². The van der Waals surface area contributed by atoms with E-state index in [9.17, 15) is 10.1 Å². The zero-order valence-electron chi connectivity index (χ0n) is 17.2. The number of anilines is 1. The van der Waals surface area contributed by atoms with Crippen molar-refractivity contribution in [2.75, 3.05) is 5.32 Å². The second kappa shape index (κ2) is 7.88. The molecule has 0 aliphatic carbocycles. The maximum Gasteiger partial charge on any atom is 0.196 e. The van der Waals surface area contributed by atoms with Crippen LogP contribution in [0, 0.1) is 25.2 Å². The van der Waals surface area contributed by atoms with Gasteiger partial charge in [0.25, 0.3) is 0 Å². The van der Waals surface area contributed by atoms with Gasteiger partial charge in [0.1, 0.15) is 17.4 Å². The van der Waals surface area contributed by atoms with E-state index in [1.807, 2.05) is 74.5 Å². The molecule has 0 aliphatic heterocycles. The molecule has 0 bridgehead atoms. The molecule has 148 valence electrons. The van der Waals surface area contributed by atoms with Gasteiger partial charge in [0.15, 0.2) is 5.43 Å². The molecule has 4 aromatic rings. The molecule has 0 aliphatic rings. The van der Waals surface area contributed by atoms with E-state index in [-0.39, 0.29) is 11.5 Å². The number of aryl methyl sites for hydroxylation is 1. The van der Waals surface area contributed by atoms with Crippen LogP contribution in [0.25, 0.3) is 22.3 Å². The standard InChI is InChI=1S/C26H22N2O2/c1-16-13-21(18(3)28-23-12-8-7-11-20(23)15-27)26-22(14-16)24(29)17(2)25(30-26)19-9-5-4-6-10-19/h4-14,18,28H,1-3H3/t18-/m1/s1. The molecule has 4 nitrogen and oxygen atoms in total. The molecule has 0 spiro atoms. The Bertz CT molecular complexity index is 1330. The van der Waals surface area contributed by atoms with E-state index in [4.69, 9.17) is 4.42 Å². The van der Waals surface area contributed by atoms with Crippen LogP contribution in [0.1, 0.15) is 35.2 Å². The highest BCUT2D eigenvalue weighted by Gasteiger charge is 2.19. The molecular weight excluding hydrogens is 372 g/mol. The van der Waals surface area contributed by atoms with Gasteiger partial charge in [-0.25, -0.2) is 0 Å². The zero-order valence-corrected chi connectivity index (χ0v) is 17.2. The van der Waals surface area contributed by atoms with Crippen molar-refractivity contribution in [2.45, 2.75) is 26.8 Å². The quantitative estimate of drug-likeness (QED) is 0.453. The number of hydrogen-bond acceptors (Lipinski definition) is 4. The molecule has 1 heterocycles. The molecule has 0 fully saturated rings. The van der Waals surface area contributed by atoms with Crippen LogP contribution in [0.4, 0.5) is 5.69 Å². The summed E-state index contributed by atoms with van der Waals surface area (Å²) < 4.78 is 6.36. The summed E-state index contributed by atoms with van der Waals surface area (Å²) in [6, 6.07) is 23.0. The Balaban J connectivity index is 1.90. The first-order chi connectivity index (χ1) is 14.5. The number of nitrogens with zero attached hydrogens (tertiary/aromatic N) is 1. The molecule has 0 saturated carbocycles. The number of para-hydroxylation sites is 1. The smallest absolute Gasteiger partial charge is 0.196 e. The van der Waals surface area contributed by atoms with E-state index in [2.05, 4.69) is 11.4 Å². The van der Waals surface area contributed by atoms with Gasteiger partial charge in [0.05, 0.1) is 22.7 Å². The number of nitrogens with one attached hydrogen (secondary N) is 1. The third-order valence-corrected chi connectivity index (χ3v) is 5.31. The lowest BCUT2D eigenvalue weighted by Gasteiger charge is -2.19. The van der Waals surface area contributed by atoms with Crippen LogP contribution < -0.4 is 10.7 Å². The lowest BCUT2D eigenvalue weighted by molar-refractivity contribution is 0.605. The second-order valence-corrected chi connectivity index (χ2v) is 7.51. The number of hydrogen-bond donors (Lipinski definition) is 1. The normalized spacial score (nSPS) is 11.8. The first kappa shape index (κ1) is 19.5. The van der Waals surface area contributed by atoms with Gasteiger partial charge in [0.2, 0.25) is 0 Å². The Morgan fingerprint density at radius 2 is 1.70 bits per heavy atom. The molecule has 1 aromatic heterocycles. The summed E-state index contributed by atoms with van der Waals surface area (Å²) in [5.41, 5.74) is 5.21. The fraction of sp³-hybridized carbons (Fsp3) is 0.154. The van der Waals surface area contributed by atoms with Crippen LogP contribution in [-0.4, -0.2) is 0 Å². The van der Waals surface area contributed by atoms with Crippen molar-refractivity contribution in [1.29, 1.82) is 5.26 Å². The highest BCUT2D eigenvalue weighted by Crippen LogP contribution is 2.32. The summed E-state index contributed by atoms with van der Waals surface area (Å²) in [6.45, 7) is 5.78.